The number of rotatable bonds is 2. The van der Waals surface area contributed by atoms with E-state index in [0.29, 0.717) is 18.4 Å². The highest BCUT2D eigenvalue weighted by molar-refractivity contribution is 6.01. The Labute approximate surface area is 137 Å². The van der Waals surface area contributed by atoms with Gasteiger partial charge in [0, 0.05) is 23.7 Å². The van der Waals surface area contributed by atoms with E-state index in [4.69, 9.17) is 0 Å². The Bertz CT molecular complexity index is 626. The SMILES string of the molecule is O=C1CCCc2ccc(NC(=O)C3CC4CCCCC4N3)cc21. The first-order chi connectivity index (χ1) is 11.2. The summed E-state index contributed by atoms with van der Waals surface area (Å²) >= 11 is 0. The van der Waals surface area contributed by atoms with Crippen LogP contribution in [0.1, 0.15) is 60.9 Å². The molecule has 3 aliphatic rings. The van der Waals surface area contributed by atoms with Crippen molar-refractivity contribution in [2.45, 2.75) is 63.5 Å². The van der Waals surface area contributed by atoms with Gasteiger partial charge in [0.1, 0.15) is 0 Å². The summed E-state index contributed by atoms with van der Waals surface area (Å²) in [5, 5.41) is 6.52. The van der Waals surface area contributed by atoms with Crippen LogP contribution in [0.2, 0.25) is 0 Å². The summed E-state index contributed by atoms with van der Waals surface area (Å²) in [6.45, 7) is 0. The quantitative estimate of drug-likeness (QED) is 0.882. The summed E-state index contributed by atoms with van der Waals surface area (Å²) in [6, 6.07) is 6.21. The number of nitrogens with one attached hydrogen (secondary N) is 2. The zero-order chi connectivity index (χ0) is 15.8. The van der Waals surface area contributed by atoms with E-state index in [-0.39, 0.29) is 17.7 Å². The molecule has 0 radical (unpaired) electrons. The number of hydrogen-bond donors (Lipinski definition) is 2. The second-order valence-electron chi connectivity index (χ2n) is 7.24. The number of amides is 1. The lowest BCUT2D eigenvalue weighted by Gasteiger charge is -2.24. The van der Waals surface area contributed by atoms with Gasteiger partial charge in [-0.1, -0.05) is 18.9 Å². The molecule has 1 heterocycles. The molecule has 1 aliphatic heterocycles. The monoisotopic (exact) mass is 312 g/mol. The molecule has 1 aromatic rings. The van der Waals surface area contributed by atoms with Crippen LogP contribution in [0.25, 0.3) is 0 Å². The molecule has 1 amide bonds. The Morgan fingerprint density at radius 2 is 2.00 bits per heavy atom. The Morgan fingerprint density at radius 1 is 1.13 bits per heavy atom. The summed E-state index contributed by atoms with van der Waals surface area (Å²) < 4.78 is 0. The van der Waals surface area contributed by atoms with Crippen LogP contribution in [0.5, 0.6) is 0 Å². The van der Waals surface area contributed by atoms with Gasteiger partial charge in [-0.3, -0.25) is 9.59 Å². The zero-order valence-electron chi connectivity index (χ0n) is 13.4. The number of carbonyl (C=O) groups excluding carboxylic acids is 2. The lowest BCUT2D eigenvalue weighted by atomic mass is 9.85. The van der Waals surface area contributed by atoms with Crippen molar-refractivity contribution in [2.75, 3.05) is 5.32 Å². The summed E-state index contributed by atoms with van der Waals surface area (Å²) in [5.41, 5.74) is 2.66. The molecule has 2 aliphatic carbocycles. The van der Waals surface area contributed by atoms with Gasteiger partial charge in [-0.05, 0) is 55.7 Å². The molecule has 2 N–H and O–H groups in total. The molecule has 0 spiro atoms. The number of ketones is 1. The molecule has 2 fully saturated rings. The molecule has 1 aromatic carbocycles. The van der Waals surface area contributed by atoms with E-state index < -0.39 is 0 Å². The van der Waals surface area contributed by atoms with Crippen LogP contribution < -0.4 is 10.6 Å². The normalized spacial score (nSPS) is 29.7. The molecule has 0 aromatic heterocycles. The van der Waals surface area contributed by atoms with Gasteiger partial charge in [-0.15, -0.1) is 0 Å². The van der Waals surface area contributed by atoms with Gasteiger partial charge in [0.05, 0.1) is 6.04 Å². The summed E-state index contributed by atoms with van der Waals surface area (Å²) in [6.07, 6.45) is 8.48. The Kier molecular flexibility index (Phi) is 3.93. The summed E-state index contributed by atoms with van der Waals surface area (Å²) in [5.74, 6) is 0.902. The smallest absolute Gasteiger partial charge is 0.241 e. The first-order valence-electron chi connectivity index (χ1n) is 8.94. The zero-order valence-corrected chi connectivity index (χ0v) is 13.4. The van der Waals surface area contributed by atoms with Gasteiger partial charge in [-0.2, -0.15) is 0 Å². The van der Waals surface area contributed by atoms with Gasteiger partial charge in [0.25, 0.3) is 0 Å². The van der Waals surface area contributed by atoms with Crippen LogP contribution >= 0.6 is 0 Å². The van der Waals surface area contributed by atoms with Crippen molar-refractivity contribution < 1.29 is 9.59 Å². The van der Waals surface area contributed by atoms with E-state index in [1.165, 1.54) is 25.7 Å². The summed E-state index contributed by atoms with van der Waals surface area (Å²) in [7, 11) is 0. The maximum Gasteiger partial charge on any atom is 0.241 e. The number of anilines is 1. The minimum absolute atomic E-state index is 0.0441. The number of aryl methyl sites for hydroxylation is 1. The minimum atomic E-state index is -0.0881. The molecule has 122 valence electrons. The highest BCUT2D eigenvalue weighted by atomic mass is 16.2. The predicted octanol–water partition coefficient (Wildman–Crippen LogP) is 3.06. The fraction of sp³-hybridized carbons (Fsp3) is 0.579. The first-order valence-corrected chi connectivity index (χ1v) is 8.94. The standard InChI is InChI=1S/C19H24N2O2/c22-18-7-3-5-12-8-9-14(11-15(12)18)20-19(23)17-10-13-4-1-2-6-16(13)21-17/h8-9,11,13,16-17,21H,1-7,10H2,(H,20,23). The molecule has 1 saturated heterocycles. The molecule has 3 unspecified atom stereocenters. The number of Topliss-reactive ketones (excluding diaryl/α,β-unsaturated/α-hetero) is 1. The van der Waals surface area contributed by atoms with Gasteiger partial charge < -0.3 is 10.6 Å². The van der Waals surface area contributed by atoms with Crippen LogP contribution in [-0.4, -0.2) is 23.8 Å². The second-order valence-corrected chi connectivity index (χ2v) is 7.24. The van der Waals surface area contributed by atoms with Crippen molar-refractivity contribution in [3.05, 3.63) is 29.3 Å². The third kappa shape index (κ3) is 2.92. The molecule has 0 bridgehead atoms. The molecular weight excluding hydrogens is 288 g/mol. The number of carbonyl (C=O) groups is 2. The third-order valence-electron chi connectivity index (χ3n) is 5.71. The fourth-order valence-electron chi connectivity index (χ4n) is 4.46. The molecule has 23 heavy (non-hydrogen) atoms. The van der Waals surface area contributed by atoms with Gasteiger partial charge in [-0.25, -0.2) is 0 Å². The Hall–Kier alpha value is -1.68. The van der Waals surface area contributed by atoms with E-state index in [9.17, 15) is 9.59 Å². The third-order valence-corrected chi connectivity index (χ3v) is 5.71. The van der Waals surface area contributed by atoms with Crippen molar-refractivity contribution >= 4 is 17.4 Å². The predicted molar refractivity (Wildman–Crippen MR) is 89.6 cm³/mol. The topological polar surface area (TPSA) is 58.2 Å². The van der Waals surface area contributed by atoms with Crippen molar-refractivity contribution in [3.63, 3.8) is 0 Å². The average Bonchev–Trinajstić information content (AvgIpc) is 3.00. The van der Waals surface area contributed by atoms with E-state index >= 15 is 0 Å². The van der Waals surface area contributed by atoms with E-state index in [2.05, 4.69) is 10.6 Å². The lowest BCUT2D eigenvalue weighted by Crippen LogP contribution is -2.39. The minimum Gasteiger partial charge on any atom is -0.325 e. The van der Waals surface area contributed by atoms with Crippen LogP contribution in [0.15, 0.2) is 18.2 Å². The van der Waals surface area contributed by atoms with Crippen LogP contribution in [-0.2, 0) is 11.2 Å². The van der Waals surface area contributed by atoms with E-state index in [1.807, 2.05) is 18.2 Å². The van der Waals surface area contributed by atoms with Gasteiger partial charge >= 0.3 is 0 Å². The molecule has 3 atom stereocenters. The van der Waals surface area contributed by atoms with Crippen molar-refractivity contribution in [3.8, 4) is 0 Å². The van der Waals surface area contributed by atoms with Crippen LogP contribution in [0.4, 0.5) is 5.69 Å². The van der Waals surface area contributed by atoms with E-state index in [1.54, 1.807) is 0 Å². The number of benzene rings is 1. The van der Waals surface area contributed by atoms with Crippen LogP contribution in [0, 0.1) is 5.92 Å². The largest absolute Gasteiger partial charge is 0.325 e. The molecule has 4 nitrogen and oxygen atoms in total. The molecule has 1 saturated carbocycles. The first kappa shape index (κ1) is 14.9. The highest BCUT2D eigenvalue weighted by Gasteiger charge is 2.38. The lowest BCUT2D eigenvalue weighted by molar-refractivity contribution is -0.117. The van der Waals surface area contributed by atoms with Gasteiger partial charge in [0.2, 0.25) is 5.91 Å². The molecule has 4 rings (SSSR count). The average molecular weight is 312 g/mol. The maximum atomic E-state index is 12.5. The van der Waals surface area contributed by atoms with Crippen molar-refractivity contribution in [1.82, 2.24) is 5.32 Å². The van der Waals surface area contributed by atoms with Crippen LogP contribution in [0.3, 0.4) is 0 Å². The highest BCUT2D eigenvalue weighted by Crippen LogP contribution is 2.33. The fourth-order valence-corrected chi connectivity index (χ4v) is 4.46. The van der Waals surface area contributed by atoms with Gasteiger partial charge in [0.15, 0.2) is 5.78 Å². The number of fused-ring (bicyclic) bond motifs is 2. The molecular formula is C19H24N2O2. The van der Waals surface area contributed by atoms with Crippen molar-refractivity contribution in [1.29, 1.82) is 0 Å². The molecule has 4 heteroatoms. The Balaban J connectivity index is 1.45. The van der Waals surface area contributed by atoms with Crippen molar-refractivity contribution in [2.24, 2.45) is 5.92 Å². The maximum absolute atomic E-state index is 12.5. The number of hydrogen-bond acceptors (Lipinski definition) is 3. The second kappa shape index (κ2) is 6.08. The summed E-state index contributed by atoms with van der Waals surface area (Å²) in [4.78, 5) is 24.6. The van der Waals surface area contributed by atoms with E-state index in [0.717, 1.165) is 36.1 Å². The Morgan fingerprint density at radius 3 is 2.87 bits per heavy atom.